The quantitative estimate of drug-likeness (QED) is 0.706. The normalized spacial score (nSPS) is 10.2. The zero-order chi connectivity index (χ0) is 16.9. The van der Waals surface area contributed by atoms with Gasteiger partial charge in [0, 0.05) is 22.2 Å². The lowest BCUT2D eigenvalue weighted by atomic mass is 10.2. The van der Waals surface area contributed by atoms with Crippen LogP contribution in [0.4, 0.5) is 5.69 Å². The SMILES string of the molecule is COc1ccc(Cl)cc1NC(=O)c1ccc(Oc2nccs2)cc1. The maximum atomic E-state index is 12.4. The van der Waals surface area contributed by atoms with E-state index < -0.39 is 0 Å². The summed E-state index contributed by atoms with van der Waals surface area (Å²) in [6.45, 7) is 0. The molecule has 0 unspecified atom stereocenters. The van der Waals surface area contributed by atoms with Gasteiger partial charge in [-0.2, -0.15) is 0 Å². The number of ether oxygens (including phenoxy) is 2. The van der Waals surface area contributed by atoms with E-state index in [1.807, 2.05) is 5.38 Å². The highest BCUT2D eigenvalue weighted by molar-refractivity contribution is 7.11. The summed E-state index contributed by atoms with van der Waals surface area (Å²) in [6, 6.07) is 11.8. The van der Waals surface area contributed by atoms with Gasteiger partial charge in [-0.3, -0.25) is 4.79 Å². The van der Waals surface area contributed by atoms with Gasteiger partial charge in [-0.05, 0) is 42.5 Å². The first-order valence-electron chi connectivity index (χ1n) is 6.98. The molecule has 0 spiro atoms. The van der Waals surface area contributed by atoms with Gasteiger partial charge in [-0.1, -0.05) is 22.9 Å². The molecule has 3 rings (SSSR count). The Morgan fingerprint density at radius 1 is 1.21 bits per heavy atom. The number of nitrogens with zero attached hydrogens (tertiary/aromatic N) is 1. The highest BCUT2D eigenvalue weighted by atomic mass is 35.5. The molecule has 1 amide bonds. The fraction of sp³-hybridized carbons (Fsp3) is 0.0588. The van der Waals surface area contributed by atoms with Crippen molar-refractivity contribution >= 4 is 34.5 Å². The van der Waals surface area contributed by atoms with Crippen molar-refractivity contribution in [2.24, 2.45) is 0 Å². The minimum absolute atomic E-state index is 0.267. The molecule has 0 saturated heterocycles. The third-order valence-corrected chi connectivity index (χ3v) is 4.02. The number of rotatable bonds is 5. The van der Waals surface area contributed by atoms with Gasteiger partial charge in [0.1, 0.15) is 11.5 Å². The molecule has 0 bridgehead atoms. The van der Waals surface area contributed by atoms with Crippen LogP contribution in [0.3, 0.4) is 0 Å². The van der Waals surface area contributed by atoms with E-state index in [0.717, 1.165) is 0 Å². The van der Waals surface area contributed by atoms with E-state index in [0.29, 0.717) is 33.0 Å². The second kappa shape index (κ2) is 7.33. The summed E-state index contributed by atoms with van der Waals surface area (Å²) in [5.41, 5.74) is 1.00. The number of halogens is 1. The predicted octanol–water partition coefficient (Wildman–Crippen LogP) is 4.85. The van der Waals surface area contributed by atoms with Gasteiger partial charge in [0.2, 0.25) is 0 Å². The van der Waals surface area contributed by atoms with Gasteiger partial charge >= 0.3 is 0 Å². The zero-order valence-corrected chi connectivity index (χ0v) is 14.2. The smallest absolute Gasteiger partial charge is 0.278 e. The van der Waals surface area contributed by atoms with Crippen molar-refractivity contribution in [1.29, 1.82) is 0 Å². The largest absolute Gasteiger partial charge is 0.495 e. The van der Waals surface area contributed by atoms with E-state index in [1.54, 1.807) is 48.7 Å². The summed E-state index contributed by atoms with van der Waals surface area (Å²) in [5.74, 6) is 0.884. The van der Waals surface area contributed by atoms with Gasteiger partial charge in [-0.15, -0.1) is 0 Å². The maximum Gasteiger partial charge on any atom is 0.278 e. The van der Waals surface area contributed by atoms with Crippen molar-refractivity contribution in [3.8, 4) is 16.7 Å². The number of carbonyl (C=O) groups excluding carboxylic acids is 1. The molecule has 1 N–H and O–H groups in total. The van der Waals surface area contributed by atoms with Crippen molar-refractivity contribution < 1.29 is 14.3 Å². The Bertz CT molecular complexity index is 836. The molecule has 3 aromatic rings. The number of carbonyl (C=O) groups is 1. The number of amides is 1. The molecular weight excluding hydrogens is 348 g/mol. The molecule has 122 valence electrons. The molecule has 0 aliphatic rings. The van der Waals surface area contributed by atoms with Crippen LogP contribution in [0.2, 0.25) is 5.02 Å². The minimum atomic E-state index is -0.267. The number of methoxy groups -OCH3 is 1. The molecule has 0 radical (unpaired) electrons. The highest BCUT2D eigenvalue weighted by Gasteiger charge is 2.11. The van der Waals surface area contributed by atoms with Crippen LogP contribution in [0, 0.1) is 0 Å². The number of hydrogen-bond donors (Lipinski definition) is 1. The number of thiazole rings is 1. The fourth-order valence-corrected chi connectivity index (χ4v) is 2.68. The molecule has 24 heavy (non-hydrogen) atoms. The Morgan fingerprint density at radius 3 is 2.67 bits per heavy atom. The van der Waals surface area contributed by atoms with Crippen LogP contribution in [-0.4, -0.2) is 18.0 Å². The number of anilines is 1. The molecule has 5 nitrogen and oxygen atoms in total. The Hall–Kier alpha value is -2.57. The summed E-state index contributed by atoms with van der Waals surface area (Å²) in [4.78, 5) is 16.4. The summed E-state index contributed by atoms with van der Waals surface area (Å²) in [7, 11) is 1.53. The third kappa shape index (κ3) is 3.84. The van der Waals surface area contributed by atoms with Crippen LogP contribution in [0.25, 0.3) is 0 Å². The van der Waals surface area contributed by atoms with Crippen LogP contribution in [0.5, 0.6) is 16.7 Å². The summed E-state index contributed by atoms with van der Waals surface area (Å²) < 4.78 is 10.8. The van der Waals surface area contributed by atoms with E-state index in [9.17, 15) is 4.79 Å². The van der Waals surface area contributed by atoms with Crippen LogP contribution < -0.4 is 14.8 Å². The summed E-state index contributed by atoms with van der Waals surface area (Å²) in [5, 5.41) is 5.68. The van der Waals surface area contributed by atoms with E-state index in [2.05, 4.69) is 10.3 Å². The van der Waals surface area contributed by atoms with E-state index in [1.165, 1.54) is 18.4 Å². The molecule has 0 saturated carbocycles. The lowest BCUT2D eigenvalue weighted by Crippen LogP contribution is -2.12. The van der Waals surface area contributed by atoms with Crippen molar-refractivity contribution in [2.45, 2.75) is 0 Å². The van der Waals surface area contributed by atoms with Gasteiger partial charge < -0.3 is 14.8 Å². The number of hydrogen-bond acceptors (Lipinski definition) is 5. The topological polar surface area (TPSA) is 60.5 Å². The van der Waals surface area contributed by atoms with Crippen molar-refractivity contribution in [3.05, 3.63) is 64.6 Å². The average Bonchev–Trinajstić information content (AvgIpc) is 3.09. The van der Waals surface area contributed by atoms with Crippen LogP contribution in [-0.2, 0) is 0 Å². The Morgan fingerprint density at radius 2 is 2.00 bits per heavy atom. The molecule has 0 atom stereocenters. The molecule has 7 heteroatoms. The molecule has 0 aliphatic carbocycles. The van der Waals surface area contributed by atoms with Crippen LogP contribution in [0.15, 0.2) is 54.0 Å². The molecule has 0 aliphatic heterocycles. The Balaban J connectivity index is 1.72. The zero-order valence-electron chi connectivity index (χ0n) is 12.7. The van der Waals surface area contributed by atoms with Crippen molar-refractivity contribution in [2.75, 3.05) is 12.4 Å². The first-order valence-corrected chi connectivity index (χ1v) is 8.24. The number of aromatic nitrogens is 1. The lowest BCUT2D eigenvalue weighted by Gasteiger charge is -2.11. The second-order valence-electron chi connectivity index (χ2n) is 4.72. The lowest BCUT2D eigenvalue weighted by molar-refractivity contribution is 0.102. The monoisotopic (exact) mass is 360 g/mol. The first kappa shape index (κ1) is 16.3. The Kier molecular flexibility index (Phi) is 4.98. The van der Waals surface area contributed by atoms with Gasteiger partial charge in [0.25, 0.3) is 11.1 Å². The molecule has 0 fully saturated rings. The van der Waals surface area contributed by atoms with Gasteiger partial charge in [0.05, 0.1) is 12.8 Å². The third-order valence-electron chi connectivity index (χ3n) is 3.14. The fourth-order valence-electron chi connectivity index (χ4n) is 2.01. The molecule has 2 aromatic carbocycles. The predicted molar refractivity (Wildman–Crippen MR) is 94.6 cm³/mol. The van der Waals surface area contributed by atoms with E-state index in [4.69, 9.17) is 21.1 Å². The Labute approximate surface area is 147 Å². The summed E-state index contributed by atoms with van der Waals surface area (Å²) in [6.07, 6.45) is 1.67. The number of benzene rings is 2. The van der Waals surface area contributed by atoms with Gasteiger partial charge in [-0.25, -0.2) is 4.98 Å². The second-order valence-corrected chi connectivity index (χ2v) is 6.02. The van der Waals surface area contributed by atoms with E-state index in [-0.39, 0.29) is 5.91 Å². The van der Waals surface area contributed by atoms with Gasteiger partial charge in [0.15, 0.2) is 0 Å². The van der Waals surface area contributed by atoms with Crippen molar-refractivity contribution in [3.63, 3.8) is 0 Å². The standard InChI is InChI=1S/C17H13ClN2O3S/c1-22-15-7-4-12(18)10-14(15)20-16(21)11-2-5-13(6-3-11)23-17-19-8-9-24-17/h2-10H,1H3,(H,20,21). The minimum Gasteiger partial charge on any atom is -0.495 e. The molecule has 1 heterocycles. The number of nitrogens with one attached hydrogen (secondary N) is 1. The average molecular weight is 361 g/mol. The van der Waals surface area contributed by atoms with Crippen LogP contribution >= 0.6 is 22.9 Å². The molecular formula is C17H13ClN2O3S. The maximum absolute atomic E-state index is 12.4. The van der Waals surface area contributed by atoms with E-state index >= 15 is 0 Å². The summed E-state index contributed by atoms with van der Waals surface area (Å²) >= 11 is 7.36. The first-order chi connectivity index (χ1) is 11.7. The molecule has 1 aromatic heterocycles. The van der Waals surface area contributed by atoms with Crippen molar-refractivity contribution in [1.82, 2.24) is 4.98 Å². The van der Waals surface area contributed by atoms with Crippen LogP contribution in [0.1, 0.15) is 10.4 Å². The highest BCUT2D eigenvalue weighted by Crippen LogP contribution is 2.28.